The van der Waals surface area contributed by atoms with Gasteiger partial charge in [0.2, 0.25) is 0 Å². The first kappa shape index (κ1) is 9.97. The van der Waals surface area contributed by atoms with E-state index in [1.54, 1.807) is 0 Å². The number of aromatic nitrogens is 2. The predicted octanol–water partition coefficient (Wildman–Crippen LogP) is 3.37. The highest BCUT2D eigenvalue weighted by Gasteiger charge is 2.20. The second-order valence-electron chi connectivity index (χ2n) is 4.77. The van der Waals surface area contributed by atoms with E-state index in [-0.39, 0.29) is 5.41 Å². The standard InChI is InChI=1S/C13H16N2/c1-13(2,3)11-9-14-15-12(11)10-7-5-4-6-8-10/h4-9H,1-3H3,(H,14,15). The summed E-state index contributed by atoms with van der Waals surface area (Å²) in [6, 6.07) is 10.3. The van der Waals surface area contributed by atoms with E-state index in [0.29, 0.717) is 0 Å². The van der Waals surface area contributed by atoms with Gasteiger partial charge in [-0.25, -0.2) is 0 Å². The molecule has 2 aromatic rings. The summed E-state index contributed by atoms with van der Waals surface area (Å²) >= 11 is 0. The Bertz CT molecular complexity index is 435. The summed E-state index contributed by atoms with van der Waals surface area (Å²) in [6.07, 6.45) is 1.92. The van der Waals surface area contributed by atoms with E-state index in [0.717, 1.165) is 5.69 Å². The molecule has 0 bridgehead atoms. The second-order valence-corrected chi connectivity index (χ2v) is 4.77. The van der Waals surface area contributed by atoms with E-state index in [1.165, 1.54) is 11.1 Å². The summed E-state index contributed by atoms with van der Waals surface area (Å²) in [5.74, 6) is 0. The Labute approximate surface area is 90.3 Å². The van der Waals surface area contributed by atoms with Gasteiger partial charge in [0.05, 0.1) is 11.9 Å². The summed E-state index contributed by atoms with van der Waals surface area (Å²) < 4.78 is 0. The minimum absolute atomic E-state index is 0.123. The van der Waals surface area contributed by atoms with E-state index in [9.17, 15) is 0 Å². The molecule has 1 aromatic carbocycles. The van der Waals surface area contributed by atoms with Gasteiger partial charge in [-0.05, 0) is 11.0 Å². The Morgan fingerprint density at radius 3 is 2.33 bits per heavy atom. The topological polar surface area (TPSA) is 28.7 Å². The number of nitrogens with zero attached hydrogens (tertiary/aromatic N) is 1. The maximum Gasteiger partial charge on any atom is 0.0687 e. The van der Waals surface area contributed by atoms with Crippen LogP contribution in [0, 0.1) is 0 Å². The van der Waals surface area contributed by atoms with Crippen LogP contribution >= 0.6 is 0 Å². The maximum absolute atomic E-state index is 4.14. The quantitative estimate of drug-likeness (QED) is 0.751. The monoisotopic (exact) mass is 200 g/mol. The van der Waals surface area contributed by atoms with E-state index in [2.05, 4.69) is 43.1 Å². The molecule has 1 N–H and O–H groups in total. The van der Waals surface area contributed by atoms with Crippen molar-refractivity contribution in [3.8, 4) is 11.3 Å². The molecular formula is C13H16N2. The van der Waals surface area contributed by atoms with Crippen LogP contribution in [-0.2, 0) is 5.41 Å². The first-order valence-electron chi connectivity index (χ1n) is 5.18. The summed E-state index contributed by atoms with van der Waals surface area (Å²) in [5.41, 5.74) is 3.70. The molecule has 2 rings (SSSR count). The molecule has 78 valence electrons. The fourth-order valence-corrected chi connectivity index (χ4v) is 1.68. The van der Waals surface area contributed by atoms with Crippen molar-refractivity contribution in [2.24, 2.45) is 0 Å². The lowest BCUT2D eigenvalue weighted by Crippen LogP contribution is -2.11. The van der Waals surface area contributed by atoms with Gasteiger partial charge in [0.15, 0.2) is 0 Å². The van der Waals surface area contributed by atoms with Crippen LogP contribution in [-0.4, -0.2) is 10.2 Å². The summed E-state index contributed by atoms with van der Waals surface area (Å²) in [7, 11) is 0. The van der Waals surface area contributed by atoms with Gasteiger partial charge in [-0.3, -0.25) is 5.10 Å². The molecule has 0 saturated carbocycles. The normalized spacial score (nSPS) is 11.7. The van der Waals surface area contributed by atoms with Crippen molar-refractivity contribution < 1.29 is 0 Å². The minimum Gasteiger partial charge on any atom is -0.278 e. The fourth-order valence-electron chi connectivity index (χ4n) is 1.68. The first-order valence-corrected chi connectivity index (χ1v) is 5.18. The number of rotatable bonds is 1. The third-order valence-electron chi connectivity index (χ3n) is 2.51. The van der Waals surface area contributed by atoms with Crippen LogP contribution in [0.2, 0.25) is 0 Å². The van der Waals surface area contributed by atoms with Crippen LogP contribution < -0.4 is 0 Å². The van der Waals surface area contributed by atoms with Crippen molar-refractivity contribution in [3.63, 3.8) is 0 Å². The number of nitrogens with one attached hydrogen (secondary N) is 1. The lowest BCUT2D eigenvalue weighted by atomic mass is 9.86. The molecule has 0 aliphatic heterocycles. The average molecular weight is 200 g/mol. The number of hydrogen-bond donors (Lipinski definition) is 1. The lowest BCUT2D eigenvalue weighted by Gasteiger charge is -2.18. The molecule has 0 saturated heterocycles. The van der Waals surface area contributed by atoms with Crippen molar-refractivity contribution in [1.82, 2.24) is 10.2 Å². The molecule has 1 heterocycles. The van der Waals surface area contributed by atoms with Crippen LogP contribution in [0.4, 0.5) is 0 Å². The molecule has 1 aromatic heterocycles. The summed E-state index contributed by atoms with van der Waals surface area (Å²) in [6.45, 7) is 6.60. The molecule has 0 aliphatic rings. The SMILES string of the molecule is CC(C)(C)c1cn[nH]c1-c1ccccc1. The van der Waals surface area contributed by atoms with E-state index < -0.39 is 0 Å². The van der Waals surface area contributed by atoms with Crippen LogP contribution in [0.25, 0.3) is 11.3 Å². The molecule has 0 amide bonds. The molecule has 2 heteroatoms. The second kappa shape index (κ2) is 3.54. The molecule has 15 heavy (non-hydrogen) atoms. The van der Waals surface area contributed by atoms with Crippen molar-refractivity contribution in [1.29, 1.82) is 0 Å². The Hall–Kier alpha value is -1.57. The predicted molar refractivity (Wildman–Crippen MR) is 62.7 cm³/mol. The van der Waals surface area contributed by atoms with Crippen LogP contribution in [0.1, 0.15) is 26.3 Å². The molecule has 2 nitrogen and oxygen atoms in total. The van der Waals surface area contributed by atoms with Gasteiger partial charge >= 0.3 is 0 Å². The minimum atomic E-state index is 0.123. The first-order chi connectivity index (χ1) is 7.09. The number of aromatic amines is 1. The van der Waals surface area contributed by atoms with Crippen LogP contribution in [0.15, 0.2) is 36.5 Å². The lowest BCUT2D eigenvalue weighted by molar-refractivity contribution is 0.592. The summed E-state index contributed by atoms with van der Waals surface area (Å²) in [5, 5.41) is 7.22. The highest BCUT2D eigenvalue weighted by atomic mass is 15.1. The van der Waals surface area contributed by atoms with Gasteiger partial charge in [-0.2, -0.15) is 5.10 Å². The van der Waals surface area contributed by atoms with Crippen molar-refractivity contribution in [3.05, 3.63) is 42.1 Å². The third kappa shape index (κ3) is 1.94. The number of benzene rings is 1. The van der Waals surface area contributed by atoms with E-state index in [1.807, 2.05) is 24.4 Å². The average Bonchev–Trinajstić information content (AvgIpc) is 2.67. The summed E-state index contributed by atoms with van der Waals surface area (Å²) in [4.78, 5) is 0. The van der Waals surface area contributed by atoms with Gasteiger partial charge in [-0.15, -0.1) is 0 Å². The van der Waals surface area contributed by atoms with E-state index in [4.69, 9.17) is 0 Å². The largest absolute Gasteiger partial charge is 0.278 e. The fraction of sp³-hybridized carbons (Fsp3) is 0.308. The van der Waals surface area contributed by atoms with Crippen LogP contribution in [0.3, 0.4) is 0 Å². The molecule has 0 radical (unpaired) electrons. The Balaban J connectivity index is 2.51. The molecule has 0 fully saturated rings. The van der Waals surface area contributed by atoms with Gasteiger partial charge < -0.3 is 0 Å². The molecule has 0 atom stereocenters. The Morgan fingerprint density at radius 1 is 1.07 bits per heavy atom. The van der Waals surface area contributed by atoms with Gasteiger partial charge in [0, 0.05) is 5.56 Å². The third-order valence-corrected chi connectivity index (χ3v) is 2.51. The molecule has 0 spiro atoms. The van der Waals surface area contributed by atoms with Crippen LogP contribution in [0.5, 0.6) is 0 Å². The van der Waals surface area contributed by atoms with Gasteiger partial charge in [0.25, 0.3) is 0 Å². The van der Waals surface area contributed by atoms with Crippen molar-refractivity contribution in [2.75, 3.05) is 0 Å². The number of hydrogen-bond acceptors (Lipinski definition) is 1. The number of H-pyrrole nitrogens is 1. The molecule has 0 aliphatic carbocycles. The molecular weight excluding hydrogens is 184 g/mol. The van der Waals surface area contributed by atoms with Gasteiger partial charge in [0.1, 0.15) is 0 Å². The highest BCUT2D eigenvalue weighted by molar-refractivity contribution is 5.63. The highest BCUT2D eigenvalue weighted by Crippen LogP contribution is 2.30. The smallest absolute Gasteiger partial charge is 0.0687 e. The Morgan fingerprint density at radius 2 is 1.73 bits per heavy atom. The van der Waals surface area contributed by atoms with E-state index >= 15 is 0 Å². The zero-order valence-electron chi connectivity index (χ0n) is 9.41. The zero-order chi connectivity index (χ0) is 10.9. The zero-order valence-corrected chi connectivity index (χ0v) is 9.41. The molecule has 0 unspecified atom stereocenters. The van der Waals surface area contributed by atoms with Gasteiger partial charge in [-0.1, -0.05) is 51.1 Å². The van der Waals surface area contributed by atoms with Crippen molar-refractivity contribution in [2.45, 2.75) is 26.2 Å². The van der Waals surface area contributed by atoms with Crippen molar-refractivity contribution >= 4 is 0 Å². The Kier molecular flexibility index (Phi) is 2.35. The maximum atomic E-state index is 4.14.